The lowest BCUT2D eigenvalue weighted by Crippen LogP contribution is -1.97. The molecule has 2 N–H and O–H groups in total. The molecule has 0 fully saturated rings. The van der Waals surface area contributed by atoms with Gasteiger partial charge in [0.15, 0.2) is 0 Å². The van der Waals surface area contributed by atoms with E-state index >= 15 is 0 Å². The number of hydrogen-bond donors (Lipinski definition) is 2. The molecule has 0 unspecified atom stereocenters. The van der Waals surface area contributed by atoms with Crippen LogP contribution in [0.2, 0.25) is 0 Å². The van der Waals surface area contributed by atoms with E-state index in [1.165, 1.54) is 12.1 Å². The van der Waals surface area contributed by atoms with Crippen molar-refractivity contribution in [2.24, 2.45) is 0 Å². The van der Waals surface area contributed by atoms with E-state index in [9.17, 15) is 9.90 Å². The van der Waals surface area contributed by atoms with Crippen molar-refractivity contribution < 1.29 is 19.7 Å². The van der Waals surface area contributed by atoms with E-state index in [0.29, 0.717) is 6.61 Å². The van der Waals surface area contributed by atoms with Crippen LogP contribution in [0.1, 0.15) is 17.3 Å². The Hall–Kier alpha value is -2.49. The van der Waals surface area contributed by atoms with Gasteiger partial charge in [-0.15, -0.1) is 0 Å². The second-order valence-electron chi connectivity index (χ2n) is 3.99. The summed E-state index contributed by atoms with van der Waals surface area (Å²) < 4.78 is 5.34. The number of hydrogen-bond acceptors (Lipinski definition) is 3. The topological polar surface area (TPSA) is 66.8 Å². The van der Waals surface area contributed by atoms with Gasteiger partial charge in [-0.25, -0.2) is 4.79 Å². The summed E-state index contributed by atoms with van der Waals surface area (Å²) in [6.07, 6.45) is 0. The van der Waals surface area contributed by atoms with Gasteiger partial charge in [0.2, 0.25) is 0 Å². The first-order valence-corrected chi connectivity index (χ1v) is 5.91. The third-order valence-corrected chi connectivity index (χ3v) is 2.73. The molecular weight excluding hydrogens is 244 g/mol. The van der Waals surface area contributed by atoms with E-state index in [4.69, 9.17) is 9.84 Å². The van der Waals surface area contributed by atoms with Gasteiger partial charge in [0.05, 0.1) is 6.61 Å². The molecular formula is C15H14O4. The van der Waals surface area contributed by atoms with Gasteiger partial charge in [0.1, 0.15) is 17.1 Å². The summed E-state index contributed by atoms with van der Waals surface area (Å²) in [5.74, 6) is -0.615. The predicted molar refractivity (Wildman–Crippen MR) is 71.7 cm³/mol. The van der Waals surface area contributed by atoms with Crippen LogP contribution in [0.4, 0.5) is 0 Å². The molecule has 0 bridgehead atoms. The van der Waals surface area contributed by atoms with E-state index in [2.05, 4.69) is 0 Å². The van der Waals surface area contributed by atoms with Crippen molar-refractivity contribution in [2.45, 2.75) is 6.92 Å². The zero-order valence-corrected chi connectivity index (χ0v) is 10.5. The molecule has 4 nitrogen and oxygen atoms in total. The third-order valence-electron chi connectivity index (χ3n) is 2.73. The summed E-state index contributed by atoms with van der Waals surface area (Å²) in [4.78, 5) is 11.0. The molecule has 0 aliphatic heterocycles. The number of phenols is 1. The number of carboxylic acid groups (broad SMARTS) is 1. The van der Waals surface area contributed by atoms with Crippen molar-refractivity contribution in [3.05, 3.63) is 48.0 Å². The lowest BCUT2D eigenvalue weighted by Gasteiger charge is -2.07. The number of carboxylic acids is 1. The Bertz CT molecular complexity index is 588. The van der Waals surface area contributed by atoms with E-state index < -0.39 is 5.97 Å². The zero-order valence-electron chi connectivity index (χ0n) is 10.5. The molecule has 0 saturated heterocycles. The Kier molecular flexibility index (Phi) is 3.71. The number of benzene rings is 2. The van der Waals surface area contributed by atoms with Crippen LogP contribution in [-0.2, 0) is 0 Å². The van der Waals surface area contributed by atoms with Crippen molar-refractivity contribution >= 4 is 5.97 Å². The van der Waals surface area contributed by atoms with Gasteiger partial charge in [-0.2, -0.15) is 0 Å². The molecule has 98 valence electrons. The van der Waals surface area contributed by atoms with E-state index in [1.54, 1.807) is 6.07 Å². The van der Waals surface area contributed by atoms with Gasteiger partial charge in [-0.3, -0.25) is 0 Å². The Labute approximate surface area is 110 Å². The van der Waals surface area contributed by atoms with Crippen LogP contribution in [0.25, 0.3) is 11.1 Å². The molecule has 0 spiro atoms. The molecule has 0 saturated carbocycles. The number of rotatable bonds is 4. The van der Waals surface area contributed by atoms with E-state index in [1.807, 2.05) is 31.2 Å². The summed E-state index contributed by atoms with van der Waals surface area (Å²) in [5.41, 5.74) is 1.50. The Balaban J connectivity index is 2.36. The maximum absolute atomic E-state index is 11.0. The SMILES string of the molecule is CCOc1ccc(-c2ccc(O)c(C(=O)O)c2)cc1. The summed E-state index contributed by atoms with van der Waals surface area (Å²) in [7, 11) is 0. The van der Waals surface area contributed by atoms with Crippen molar-refractivity contribution in [1.29, 1.82) is 0 Å². The number of carbonyl (C=O) groups is 1. The predicted octanol–water partition coefficient (Wildman–Crippen LogP) is 3.16. The molecule has 2 rings (SSSR count). The van der Waals surface area contributed by atoms with Gasteiger partial charge in [0, 0.05) is 0 Å². The van der Waals surface area contributed by atoms with E-state index in [-0.39, 0.29) is 11.3 Å². The second-order valence-corrected chi connectivity index (χ2v) is 3.99. The highest BCUT2D eigenvalue weighted by molar-refractivity contribution is 5.92. The molecule has 0 heterocycles. The minimum Gasteiger partial charge on any atom is -0.507 e. The first-order valence-electron chi connectivity index (χ1n) is 5.91. The maximum Gasteiger partial charge on any atom is 0.339 e. The number of aromatic hydroxyl groups is 1. The Morgan fingerprint density at radius 2 is 1.74 bits per heavy atom. The number of ether oxygens (including phenoxy) is 1. The monoisotopic (exact) mass is 258 g/mol. The fraction of sp³-hybridized carbons (Fsp3) is 0.133. The highest BCUT2D eigenvalue weighted by Crippen LogP contribution is 2.27. The Morgan fingerprint density at radius 3 is 2.32 bits per heavy atom. The normalized spacial score (nSPS) is 10.2. The van der Waals surface area contributed by atoms with Crippen LogP contribution >= 0.6 is 0 Å². The highest BCUT2D eigenvalue weighted by Gasteiger charge is 2.10. The maximum atomic E-state index is 11.0. The average Bonchev–Trinajstić information content (AvgIpc) is 2.40. The molecule has 0 aliphatic carbocycles. The molecule has 0 aliphatic rings. The minimum atomic E-state index is -1.15. The van der Waals surface area contributed by atoms with Crippen molar-refractivity contribution in [2.75, 3.05) is 6.61 Å². The number of aromatic carboxylic acids is 1. The summed E-state index contributed by atoms with van der Waals surface area (Å²) >= 11 is 0. The van der Waals surface area contributed by atoms with Crippen LogP contribution in [0, 0.1) is 0 Å². The standard InChI is InChI=1S/C15H14O4/c1-2-19-12-6-3-10(4-7-12)11-5-8-14(16)13(9-11)15(17)18/h3-9,16H,2H2,1H3,(H,17,18). The van der Waals surface area contributed by atoms with Gasteiger partial charge in [-0.05, 0) is 42.3 Å². The van der Waals surface area contributed by atoms with Crippen LogP contribution < -0.4 is 4.74 Å². The van der Waals surface area contributed by atoms with Crippen molar-refractivity contribution in [1.82, 2.24) is 0 Å². The van der Waals surface area contributed by atoms with Gasteiger partial charge in [-0.1, -0.05) is 18.2 Å². The summed E-state index contributed by atoms with van der Waals surface area (Å²) in [5, 5.41) is 18.4. The molecule has 19 heavy (non-hydrogen) atoms. The lowest BCUT2D eigenvalue weighted by atomic mass is 10.0. The third kappa shape index (κ3) is 2.85. The average molecular weight is 258 g/mol. The second kappa shape index (κ2) is 5.44. The first-order chi connectivity index (χ1) is 9.11. The van der Waals surface area contributed by atoms with Crippen LogP contribution in [0.15, 0.2) is 42.5 Å². The smallest absolute Gasteiger partial charge is 0.339 e. The van der Waals surface area contributed by atoms with Crippen LogP contribution in [0.3, 0.4) is 0 Å². The molecule has 2 aromatic rings. The Morgan fingerprint density at radius 1 is 1.11 bits per heavy atom. The lowest BCUT2D eigenvalue weighted by molar-refractivity contribution is 0.0694. The molecule has 2 aromatic carbocycles. The van der Waals surface area contributed by atoms with Gasteiger partial charge < -0.3 is 14.9 Å². The van der Waals surface area contributed by atoms with E-state index in [0.717, 1.165) is 16.9 Å². The minimum absolute atomic E-state index is 0.105. The molecule has 0 aromatic heterocycles. The quantitative estimate of drug-likeness (QED) is 0.884. The molecule has 4 heteroatoms. The fourth-order valence-electron chi connectivity index (χ4n) is 1.80. The summed E-state index contributed by atoms with van der Waals surface area (Å²) in [6.45, 7) is 2.51. The molecule has 0 radical (unpaired) electrons. The van der Waals surface area contributed by atoms with Crippen LogP contribution in [-0.4, -0.2) is 22.8 Å². The fourth-order valence-corrected chi connectivity index (χ4v) is 1.80. The van der Waals surface area contributed by atoms with Crippen molar-refractivity contribution in [3.63, 3.8) is 0 Å². The molecule has 0 atom stereocenters. The van der Waals surface area contributed by atoms with Crippen molar-refractivity contribution in [3.8, 4) is 22.6 Å². The van der Waals surface area contributed by atoms with Gasteiger partial charge >= 0.3 is 5.97 Å². The first kappa shape index (κ1) is 13.0. The van der Waals surface area contributed by atoms with Crippen LogP contribution in [0.5, 0.6) is 11.5 Å². The highest BCUT2D eigenvalue weighted by atomic mass is 16.5. The zero-order chi connectivity index (χ0) is 13.8. The van der Waals surface area contributed by atoms with Gasteiger partial charge in [0.25, 0.3) is 0 Å². The summed E-state index contributed by atoms with van der Waals surface area (Å²) in [6, 6.07) is 11.9. The molecule has 0 amide bonds. The largest absolute Gasteiger partial charge is 0.507 e.